The summed E-state index contributed by atoms with van der Waals surface area (Å²) in [4.78, 5) is 41.3. The standard InChI is InChI=1S/C56H42N8/c1-5-15-36(16-6-1)49-59-50(37-17-7-2-8-18-37)62-54(61-49)47-33-48(55-63-51(38-19-9-3-10-20-38)60-52(64-55)39-21-11-4-12-22-39)58-53(57-47)40-25-26-44-43-23-13-14-24-45(43)56(46(44)32-40)41-28-34-27-35(30-41)31-42(56)29-34/h1-26,32-35,41-42H,27-31H2. The largest absolute Gasteiger partial charge is 0.225 e. The number of aromatic nitrogens is 8. The molecule has 4 bridgehead atoms. The number of rotatable bonds is 7. The zero-order valence-electron chi connectivity index (χ0n) is 35.1. The maximum atomic E-state index is 5.39. The lowest BCUT2D eigenvalue weighted by Gasteiger charge is -2.61. The van der Waals surface area contributed by atoms with Crippen LogP contribution in [-0.4, -0.2) is 39.9 Å². The van der Waals surface area contributed by atoms with E-state index in [-0.39, 0.29) is 5.41 Å². The Kier molecular flexibility index (Phi) is 8.54. The van der Waals surface area contributed by atoms with E-state index < -0.39 is 0 Å². The van der Waals surface area contributed by atoms with Crippen LogP contribution in [0, 0.1) is 23.7 Å². The van der Waals surface area contributed by atoms with Crippen LogP contribution in [0.3, 0.4) is 0 Å². The van der Waals surface area contributed by atoms with Crippen molar-refractivity contribution in [3.05, 3.63) is 181 Å². The van der Waals surface area contributed by atoms with E-state index in [1.807, 2.05) is 127 Å². The lowest BCUT2D eigenvalue weighted by Crippen LogP contribution is -2.55. The van der Waals surface area contributed by atoms with E-state index >= 15 is 0 Å². The average molecular weight is 827 g/mol. The molecule has 3 aromatic heterocycles. The molecule has 5 aliphatic carbocycles. The Bertz CT molecular complexity index is 2940. The second-order valence-corrected chi connectivity index (χ2v) is 18.0. The maximum absolute atomic E-state index is 5.39. The van der Waals surface area contributed by atoms with Gasteiger partial charge in [-0.3, -0.25) is 0 Å². The molecule has 0 N–H and O–H groups in total. The summed E-state index contributed by atoms with van der Waals surface area (Å²) < 4.78 is 0. The Morgan fingerprint density at radius 2 is 0.672 bits per heavy atom. The molecule has 0 atom stereocenters. The van der Waals surface area contributed by atoms with Gasteiger partial charge in [0.05, 0.1) is 0 Å². The number of fused-ring (bicyclic) bond motifs is 3. The van der Waals surface area contributed by atoms with E-state index in [4.69, 9.17) is 39.9 Å². The molecular weight excluding hydrogens is 785 g/mol. The lowest BCUT2D eigenvalue weighted by atomic mass is 9.43. The molecule has 0 radical (unpaired) electrons. The van der Waals surface area contributed by atoms with Crippen LogP contribution in [0.2, 0.25) is 0 Å². The van der Waals surface area contributed by atoms with Crippen LogP contribution in [0.25, 0.3) is 91.1 Å². The Morgan fingerprint density at radius 1 is 0.297 bits per heavy atom. The van der Waals surface area contributed by atoms with Crippen molar-refractivity contribution in [3.63, 3.8) is 0 Å². The third-order valence-electron chi connectivity index (χ3n) is 14.4. The topological polar surface area (TPSA) is 103 Å². The highest BCUT2D eigenvalue weighted by molar-refractivity contribution is 5.84. The number of hydrogen-bond donors (Lipinski definition) is 0. The van der Waals surface area contributed by atoms with Crippen molar-refractivity contribution in [2.75, 3.05) is 0 Å². The van der Waals surface area contributed by atoms with Gasteiger partial charge in [-0.05, 0) is 90.2 Å². The molecule has 4 fully saturated rings. The van der Waals surface area contributed by atoms with Gasteiger partial charge in [-0.15, -0.1) is 0 Å². The van der Waals surface area contributed by atoms with Gasteiger partial charge in [-0.25, -0.2) is 39.9 Å². The van der Waals surface area contributed by atoms with Crippen molar-refractivity contribution in [2.45, 2.75) is 37.5 Å². The molecule has 1 spiro atoms. The summed E-state index contributed by atoms with van der Waals surface area (Å²) in [6.45, 7) is 0. The van der Waals surface area contributed by atoms with Crippen LogP contribution in [0.5, 0.6) is 0 Å². The monoisotopic (exact) mass is 826 g/mol. The second-order valence-electron chi connectivity index (χ2n) is 18.0. The van der Waals surface area contributed by atoms with Crippen molar-refractivity contribution in [3.8, 4) is 91.1 Å². The smallest absolute Gasteiger partial charge is 0.182 e. The van der Waals surface area contributed by atoms with Crippen molar-refractivity contribution in [1.29, 1.82) is 0 Å². The molecule has 0 saturated heterocycles. The zero-order chi connectivity index (χ0) is 42.2. The summed E-state index contributed by atoms with van der Waals surface area (Å²) in [7, 11) is 0. The molecule has 14 rings (SSSR count). The van der Waals surface area contributed by atoms with Crippen LogP contribution >= 0.6 is 0 Å². The van der Waals surface area contributed by atoms with Crippen molar-refractivity contribution in [1.82, 2.24) is 39.9 Å². The van der Waals surface area contributed by atoms with E-state index in [9.17, 15) is 0 Å². The van der Waals surface area contributed by atoms with Gasteiger partial charge in [-0.2, -0.15) is 0 Å². The maximum Gasteiger partial charge on any atom is 0.182 e. The fourth-order valence-electron chi connectivity index (χ4n) is 11.9. The minimum Gasteiger partial charge on any atom is -0.225 e. The predicted molar refractivity (Wildman–Crippen MR) is 250 cm³/mol. The Morgan fingerprint density at radius 3 is 1.12 bits per heavy atom. The van der Waals surface area contributed by atoms with Crippen LogP contribution in [0.1, 0.15) is 43.2 Å². The normalized spacial score (nSPS) is 21.2. The van der Waals surface area contributed by atoms with Crippen molar-refractivity contribution >= 4 is 0 Å². The SMILES string of the molecule is c1ccc(-c2nc(-c3ccccc3)nc(-c3cc(-c4nc(-c5ccccc5)nc(-c5ccccc5)n4)nc(-c4ccc5c(c4)C4(c6ccccc6-5)C5CC6CC(C5)CC4C6)n3)n2)cc1. The van der Waals surface area contributed by atoms with Gasteiger partial charge < -0.3 is 0 Å². The minimum absolute atomic E-state index is 0.0114. The third-order valence-corrected chi connectivity index (χ3v) is 14.4. The van der Waals surface area contributed by atoms with Crippen LogP contribution in [0.4, 0.5) is 0 Å². The summed E-state index contributed by atoms with van der Waals surface area (Å²) in [6, 6.07) is 58.3. The molecule has 4 saturated carbocycles. The Hall–Kier alpha value is -7.58. The first-order valence-corrected chi connectivity index (χ1v) is 22.5. The number of hydrogen-bond acceptors (Lipinski definition) is 8. The van der Waals surface area contributed by atoms with Crippen LogP contribution < -0.4 is 0 Å². The number of nitrogens with zero attached hydrogens (tertiary/aromatic N) is 8. The highest BCUT2D eigenvalue weighted by Crippen LogP contribution is 2.69. The summed E-state index contributed by atoms with van der Waals surface area (Å²) in [5, 5.41) is 0. The van der Waals surface area contributed by atoms with Crippen LogP contribution in [-0.2, 0) is 5.41 Å². The summed E-state index contributed by atoms with van der Waals surface area (Å²) in [6.07, 6.45) is 6.63. The minimum atomic E-state index is -0.0114. The van der Waals surface area contributed by atoms with Gasteiger partial charge in [0.2, 0.25) is 0 Å². The molecular formula is C56H42N8. The number of benzene rings is 6. The molecule has 0 aliphatic heterocycles. The quantitative estimate of drug-likeness (QED) is 0.156. The Balaban J connectivity index is 1.04. The molecule has 3 heterocycles. The van der Waals surface area contributed by atoms with E-state index in [0.29, 0.717) is 64.0 Å². The molecule has 64 heavy (non-hydrogen) atoms. The first kappa shape index (κ1) is 37.0. The summed E-state index contributed by atoms with van der Waals surface area (Å²) in [5.74, 6) is 6.61. The second kappa shape index (κ2) is 14.8. The molecule has 8 heteroatoms. The van der Waals surface area contributed by atoms with Gasteiger partial charge in [0.1, 0.15) is 11.4 Å². The molecule has 306 valence electrons. The van der Waals surface area contributed by atoms with Gasteiger partial charge in [0.25, 0.3) is 0 Å². The average Bonchev–Trinajstić information content (AvgIpc) is 3.66. The van der Waals surface area contributed by atoms with Gasteiger partial charge >= 0.3 is 0 Å². The third kappa shape index (κ3) is 6.03. The molecule has 9 aromatic rings. The first-order valence-electron chi connectivity index (χ1n) is 22.5. The zero-order valence-corrected chi connectivity index (χ0v) is 35.1. The van der Waals surface area contributed by atoms with Gasteiger partial charge in [-0.1, -0.05) is 158 Å². The van der Waals surface area contributed by atoms with Gasteiger partial charge in [0.15, 0.2) is 40.8 Å². The summed E-state index contributed by atoms with van der Waals surface area (Å²) >= 11 is 0. The van der Waals surface area contributed by atoms with Crippen molar-refractivity contribution < 1.29 is 0 Å². The molecule has 5 aliphatic rings. The van der Waals surface area contributed by atoms with E-state index in [1.54, 1.807) is 0 Å². The van der Waals surface area contributed by atoms with E-state index in [2.05, 4.69) is 42.5 Å². The van der Waals surface area contributed by atoms with Gasteiger partial charge in [0, 0.05) is 33.2 Å². The fraction of sp³-hybridized carbons (Fsp3) is 0.179. The predicted octanol–water partition coefficient (Wildman–Crippen LogP) is 12.2. The van der Waals surface area contributed by atoms with Crippen molar-refractivity contribution in [2.24, 2.45) is 23.7 Å². The molecule has 6 aromatic carbocycles. The molecule has 0 amide bonds. The molecule has 0 unspecified atom stereocenters. The van der Waals surface area contributed by atoms with E-state index in [1.165, 1.54) is 54.4 Å². The first-order chi connectivity index (χ1) is 31.6. The lowest BCUT2D eigenvalue weighted by molar-refractivity contribution is -0.0399. The highest BCUT2D eigenvalue weighted by atomic mass is 15.1. The molecule has 8 nitrogen and oxygen atoms in total. The summed E-state index contributed by atoms with van der Waals surface area (Å²) in [5.41, 5.74) is 11.3. The van der Waals surface area contributed by atoms with Crippen LogP contribution in [0.15, 0.2) is 170 Å². The van der Waals surface area contributed by atoms with E-state index in [0.717, 1.165) is 39.7 Å². The fourth-order valence-corrected chi connectivity index (χ4v) is 11.9. The Labute approximate surface area is 371 Å². The highest BCUT2D eigenvalue weighted by Gasteiger charge is 2.61.